The van der Waals surface area contributed by atoms with E-state index in [1.54, 1.807) is 12.4 Å². The molecule has 0 aliphatic rings. The number of fused-ring (bicyclic) bond motifs is 1. The van der Waals surface area contributed by atoms with E-state index in [-0.39, 0.29) is 12.4 Å². The Morgan fingerprint density at radius 2 is 1.71 bits per heavy atom. The summed E-state index contributed by atoms with van der Waals surface area (Å²) in [6, 6.07) is 13.7. The molecule has 0 radical (unpaired) electrons. The third kappa shape index (κ3) is 4.10. The van der Waals surface area contributed by atoms with Crippen molar-refractivity contribution in [1.82, 2.24) is 9.97 Å². The Kier molecular flexibility index (Phi) is 5.89. The number of aromatic nitrogens is 2. The lowest BCUT2D eigenvalue weighted by Crippen LogP contribution is -2.19. The van der Waals surface area contributed by atoms with Crippen molar-refractivity contribution in [3.8, 4) is 0 Å². The summed E-state index contributed by atoms with van der Waals surface area (Å²) in [4.78, 5) is 10.7. The summed E-state index contributed by atoms with van der Waals surface area (Å²) in [5, 5.41) is 6.87. The van der Waals surface area contributed by atoms with Crippen molar-refractivity contribution >= 4 is 57.8 Å². The number of benzene rings is 1. The van der Waals surface area contributed by atoms with Gasteiger partial charge in [0.15, 0.2) is 5.11 Å². The Morgan fingerprint density at radius 3 is 2.42 bits per heavy atom. The van der Waals surface area contributed by atoms with E-state index >= 15 is 0 Å². The fourth-order valence-electron chi connectivity index (χ4n) is 2.21. The molecule has 7 heteroatoms. The van der Waals surface area contributed by atoms with Crippen LogP contribution < -0.4 is 15.5 Å². The van der Waals surface area contributed by atoms with Crippen LogP contribution in [0, 0.1) is 0 Å². The van der Waals surface area contributed by atoms with Crippen LogP contribution in [0.4, 0.5) is 17.1 Å². The lowest BCUT2D eigenvalue weighted by molar-refractivity contribution is 1.13. The summed E-state index contributed by atoms with van der Waals surface area (Å²) in [7, 11) is 4.02. The molecule has 0 fully saturated rings. The SMILES string of the molecule is CN(C)c1ccc(NC(=S)Nc2ccnc3cccnc23)cc1.Cl. The Labute approximate surface area is 152 Å². The van der Waals surface area contributed by atoms with E-state index in [1.807, 2.05) is 56.6 Å². The minimum absolute atomic E-state index is 0. The minimum atomic E-state index is 0. The average molecular weight is 360 g/mol. The number of anilines is 3. The van der Waals surface area contributed by atoms with Crippen molar-refractivity contribution in [3.05, 3.63) is 54.9 Å². The third-order valence-corrected chi connectivity index (χ3v) is 3.59. The molecule has 0 unspecified atom stereocenters. The van der Waals surface area contributed by atoms with E-state index < -0.39 is 0 Å². The van der Waals surface area contributed by atoms with Crippen LogP contribution in [0.3, 0.4) is 0 Å². The first-order chi connectivity index (χ1) is 11.1. The monoisotopic (exact) mass is 359 g/mol. The number of nitrogens with zero attached hydrogens (tertiary/aromatic N) is 3. The highest BCUT2D eigenvalue weighted by atomic mass is 35.5. The summed E-state index contributed by atoms with van der Waals surface area (Å²) in [5.74, 6) is 0. The summed E-state index contributed by atoms with van der Waals surface area (Å²) in [5.41, 5.74) is 4.52. The van der Waals surface area contributed by atoms with Crippen LogP contribution in [0.2, 0.25) is 0 Å². The average Bonchev–Trinajstić information content (AvgIpc) is 2.55. The zero-order valence-electron chi connectivity index (χ0n) is 13.4. The molecule has 0 aliphatic heterocycles. The fourth-order valence-corrected chi connectivity index (χ4v) is 2.44. The number of nitrogens with one attached hydrogen (secondary N) is 2. The van der Waals surface area contributed by atoms with Crippen LogP contribution in [-0.2, 0) is 0 Å². The van der Waals surface area contributed by atoms with Gasteiger partial charge in [-0.15, -0.1) is 12.4 Å². The van der Waals surface area contributed by atoms with Gasteiger partial charge in [-0.1, -0.05) is 0 Å². The molecule has 2 aromatic heterocycles. The van der Waals surface area contributed by atoms with E-state index in [0.29, 0.717) is 5.11 Å². The second kappa shape index (κ2) is 7.90. The van der Waals surface area contributed by atoms with Gasteiger partial charge in [-0.3, -0.25) is 9.97 Å². The topological polar surface area (TPSA) is 53.1 Å². The van der Waals surface area contributed by atoms with E-state index in [9.17, 15) is 0 Å². The van der Waals surface area contributed by atoms with Crippen LogP contribution in [0.25, 0.3) is 11.0 Å². The van der Waals surface area contributed by atoms with Gasteiger partial charge in [0.2, 0.25) is 0 Å². The van der Waals surface area contributed by atoms with Crippen molar-refractivity contribution in [2.75, 3.05) is 29.6 Å². The minimum Gasteiger partial charge on any atom is -0.378 e. The van der Waals surface area contributed by atoms with Gasteiger partial charge in [0.05, 0.1) is 11.2 Å². The lowest BCUT2D eigenvalue weighted by Gasteiger charge is -2.14. The van der Waals surface area contributed by atoms with Crippen LogP contribution in [0.1, 0.15) is 0 Å². The molecular weight excluding hydrogens is 342 g/mol. The molecule has 3 aromatic rings. The molecule has 2 N–H and O–H groups in total. The number of thiocarbonyl (C=S) groups is 1. The Hall–Kier alpha value is -2.44. The quantitative estimate of drug-likeness (QED) is 0.691. The van der Waals surface area contributed by atoms with Gasteiger partial charge in [0.1, 0.15) is 5.52 Å². The van der Waals surface area contributed by atoms with Gasteiger partial charge in [-0.05, 0) is 54.7 Å². The van der Waals surface area contributed by atoms with Gasteiger partial charge in [0, 0.05) is 37.9 Å². The first-order valence-electron chi connectivity index (χ1n) is 7.18. The Balaban J connectivity index is 0.00000208. The maximum atomic E-state index is 5.38. The van der Waals surface area contributed by atoms with Gasteiger partial charge in [-0.25, -0.2) is 0 Å². The largest absolute Gasteiger partial charge is 0.378 e. The number of halogens is 1. The molecule has 5 nitrogen and oxygen atoms in total. The number of hydrogen-bond donors (Lipinski definition) is 2. The maximum Gasteiger partial charge on any atom is 0.175 e. The molecule has 0 aliphatic carbocycles. The summed E-state index contributed by atoms with van der Waals surface area (Å²) < 4.78 is 0. The molecule has 0 saturated heterocycles. The van der Waals surface area contributed by atoms with E-state index in [1.165, 1.54) is 0 Å². The molecule has 0 amide bonds. The number of pyridine rings is 2. The lowest BCUT2D eigenvalue weighted by atomic mass is 10.2. The molecule has 0 bridgehead atoms. The molecular formula is C17H18ClN5S. The molecule has 1 aromatic carbocycles. The summed E-state index contributed by atoms with van der Waals surface area (Å²) >= 11 is 5.38. The predicted molar refractivity (Wildman–Crippen MR) is 107 cm³/mol. The summed E-state index contributed by atoms with van der Waals surface area (Å²) in [6.45, 7) is 0. The van der Waals surface area contributed by atoms with Crippen LogP contribution in [0.5, 0.6) is 0 Å². The molecule has 2 heterocycles. The van der Waals surface area contributed by atoms with Gasteiger partial charge in [0.25, 0.3) is 0 Å². The molecule has 0 spiro atoms. The van der Waals surface area contributed by atoms with Crippen molar-refractivity contribution in [2.45, 2.75) is 0 Å². The van der Waals surface area contributed by atoms with Crippen molar-refractivity contribution in [3.63, 3.8) is 0 Å². The highest BCUT2D eigenvalue weighted by Gasteiger charge is 2.05. The zero-order chi connectivity index (χ0) is 16.2. The van der Waals surface area contributed by atoms with E-state index in [2.05, 4.69) is 25.5 Å². The van der Waals surface area contributed by atoms with Crippen LogP contribution in [0.15, 0.2) is 54.9 Å². The third-order valence-electron chi connectivity index (χ3n) is 3.39. The standard InChI is InChI=1S/C17H17N5S.ClH/c1-22(2)13-7-5-12(6-8-13)20-17(23)21-15-9-11-18-14-4-3-10-19-16(14)15;/h3-11H,1-2H3,(H2,18,20,21,23);1H. The van der Waals surface area contributed by atoms with Gasteiger partial charge in [-0.2, -0.15) is 0 Å². The smallest absolute Gasteiger partial charge is 0.175 e. The first-order valence-corrected chi connectivity index (χ1v) is 7.59. The predicted octanol–water partition coefficient (Wildman–Crippen LogP) is 3.93. The van der Waals surface area contributed by atoms with Gasteiger partial charge >= 0.3 is 0 Å². The maximum absolute atomic E-state index is 5.38. The normalized spacial score (nSPS) is 9.92. The molecule has 24 heavy (non-hydrogen) atoms. The van der Waals surface area contributed by atoms with Gasteiger partial charge < -0.3 is 15.5 Å². The Bertz CT molecular complexity index is 831. The van der Waals surface area contributed by atoms with E-state index in [4.69, 9.17) is 12.2 Å². The molecule has 124 valence electrons. The van der Waals surface area contributed by atoms with Crippen LogP contribution >= 0.6 is 24.6 Å². The highest BCUT2D eigenvalue weighted by molar-refractivity contribution is 7.80. The molecule has 0 atom stereocenters. The Morgan fingerprint density at radius 1 is 0.958 bits per heavy atom. The molecule has 3 rings (SSSR count). The first kappa shape index (κ1) is 17.9. The van der Waals surface area contributed by atoms with Crippen molar-refractivity contribution < 1.29 is 0 Å². The summed E-state index contributed by atoms with van der Waals surface area (Å²) in [6.07, 6.45) is 3.48. The van der Waals surface area contributed by atoms with Crippen molar-refractivity contribution in [1.29, 1.82) is 0 Å². The zero-order valence-corrected chi connectivity index (χ0v) is 15.0. The van der Waals surface area contributed by atoms with Crippen LogP contribution in [-0.4, -0.2) is 29.2 Å². The fraction of sp³-hybridized carbons (Fsp3) is 0.118. The highest BCUT2D eigenvalue weighted by Crippen LogP contribution is 2.19. The molecule has 0 saturated carbocycles. The number of hydrogen-bond acceptors (Lipinski definition) is 4. The second-order valence-electron chi connectivity index (χ2n) is 5.25. The number of rotatable bonds is 3. The second-order valence-corrected chi connectivity index (χ2v) is 5.66. The van der Waals surface area contributed by atoms with Crippen molar-refractivity contribution in [2.24, 2.45) is 0 Å². The van der Waals surface area contributed by atoms with E-state index in [0.717, 1.165) is 28.1 Å².